The normalized spacial score (nSPS) is 7.33. The summed E-state index contributed by atoms with van der Waals surface area (Å²) in [5, 5.41) is 0. The lowest BCUT2D eigenvalue weighted by atomic mass is 10.3. The van der Waals surface area contributed by atoms with Crippen LogP contribution in [0.25, 0.3) is 0 Å². The van der Waals surface area contributed by atoms with Crippen LogP contribution in [0.5, 0.6) is 0 Å². The SMILES string of the molecule is [C]#CCCC[CH2]. The van der Waals surface area contributed by atoms with Crippen molar-refractivity contribution in [2.45, 2.75) is 19.3 Å². The van der Waals surface area contributed by atoms with Crippen LogP contribution in [0.15, 0.2) is 0 Å². The van der Waals surface area contributed by atoms with E-state index in [9.17, 15) is 0 Å². The van der Waals surface area contributed by atoms with E-state index in [2.05, 4.69) is 12.8 Å². The largest absolute Gasteiger partial charge is 0.0891 e. The summed E-state index contributed by atoms with van der Waals surface area (Å²) in [4.78, 5) is 0. The van der Waals surface area contributed by atoms with Gasteiger partial charge in [0.05, 0.1) is 0 Å². The molecule has 0 saturated heterocycles. The summed E-state index contributed by atoms with van der Waals surface area (Å²) in [6.07, 6.45) is 9.12. The Morgan fingerprint density at radius 2 is 2.33 bits per heavy atom. The van der Waals surface area contributed by atoms with Gasteiger partial charge in [0.2, 0.25) is 0 Å². The maximum Gasteiger partial charge on any atom is 0.00989 e. The second-order valence-corrected chi connectivity index (χ2v) is 1.13. The first-order chi connectivity index (χ1) is 2.91. The lowest BCUT2D eigenvalue weighted by Crippen LogP contribution is -1.63. The molecule has 0 aromatic carbocycles. The van der Waals surface area contributed by atoms with Crippen LogP contribution in [-0.2, 0) is 0 Å². The Labute approximate surface area is 39.6 Å². The van der Waals surface area contributed by atoms with Gasteiger partial charge in [-0.05, 0) is 12.8 Å². The van der Waals surface area contributed by atoms with Gasteiger partial charge in [0.1, 0.15) is 0 Å². The molecule has 0 aromatic heterocycles. The molecule has 0 atom stereocenters. The van der Waals surface area contributed by atoms with Crippen molar-refractivity contribution in [2.75, 3.05) is 0 Å². The summed E-state index contributed by atoms with van der Waals surface area (Å²) in [5.74, 6) is 2.28. The minimum Gasteiger partial charge on any atom is -0.0891 e. The molecule has 0 nitrogen and oxygen atoms in total. The molecule has 0 spiro atoms. The maximum atomic E-state index is 6.43. The molecule has 0 N–H and O–H groups in total. The van der Waals surface area contributed by atoms with Gasteiger partial charge in [0.15, 0.2) is 0 Å². The first kappa shape index (κ1) is 5.56. The molecule has 0 aliphatic heterocycles. The summed E-state index contributed by atoms with van der Waals surface area (Å²) >= 11 is 0. The molecule has 32 valence electrons. The lowest BCUT2D eigenvalue weighted by Gasteiger charge is -1.79. The molecule has 2 radical (unpaired) electrons. The van der Waals surface area contributed by atoms with Crippen molar-refractivity contribution in [3.63, 3.8) is 0 Å². The molecule has 0 unspecified atom stereocenters. The molecule has 0 heterocycles. The molecule has 0 rings (SSSR count). The zero-order chi connectivity index (χ0) is 4.83. The Morgan fingerprint density at radius 3 is 2.50 bits per heavy atom. The summed E-state index contributed by atoms with van der Waals surface area (Å²) in [6.45, 7) is 3.60. The number of rotatable bonds is 2. The first-order valence-electron chi connectivity index (χ1n) is 2.10. The quantitative estimate of drug-likeness (QED) is 0.349. The Morgan fingerprint density at radius 1 is 1.67 bits per heavy atom. The van der Waals surface area contributed by atoms with Gasteiger partial charge >= 0.3 is 0 Å². The van der Waals surface area contributed by atoms with Gasteiger partial charge in [0.25, 0.3) is 0 Å². The summed E-state index contributed by atoms with van der Waals surface area (Å²) in [5.41, 5.74) is 0. The topological polar surface area (TPSA) is 0 Å². The highest BCUT2D eigenvalue weighted by Crippen LogP contribution is 1.88. The van der Waals surface area contributed by atoms with Crippen molar-refractivity contribution in [3.8, 4) is 5.92 Å². The van der Waals surface area contributed by atoms with Gasteiger partial charge in [-0.2, -0.15) is 0 Å². The van der Waals surface area contributed by atoms with Gasteiger partial charge < -0.3 is 0 Å². The first-order valence-corrected chi connectivity index (χ1v) is 2.10. The highest BCUT2D eigenvalue weighted by molar-refractivity contribution is 4.74. The maximum absolute atomic E-state index is 6.43. The molecule has 0 aliphatic rings. The monoisotopic (exact) mass is 80.1 g/mol. The standard InChI is InChI=1S/C6H8/c1-3-5-6-4-2/h1,3,5-6H2. The zero-order valence-electron chi connectivity index (χ0n) is 3.83. The van der Waals surface area contributed by atoms with Gasteiger partial charge in [-0.1, -0.05) is 19.3 Å². The van der Waals surface area contributed by atoms with Crippen LogP contribution < -0.4 is 0 Å². The predicted molar refractivity (Wildman–Crippen MR) is 26.3 cm³/mol. The number of unbranched alkanes of at least 4 members (excludes halogenated alkanes) is 2. The van der Waals surface area contributed by atoms with E-state index in [4.69, 9.17) is 6.42 Å². The average molecular weight is 80.1 g/mol. The summed E-state index contributed by atoms with van der Waals surface area (Å²) in [6, 6.07) is 0. The molecular formula is C6H8. The minimum absolute atomic E-state index is 0.767. The number of hydrogen-bond donors (Lipinski definition) is 0. The Hall–Kier alpha value is -0.440. The Balaban J connectivity index is 2.54. The molecule has 6 heavy (non-hydrogen) atoms. The number of hydrogen-bond acceptors (Lipinski definition) is 0. The highest BCUT2D eigenvalue weighted by atomic mass is 13.8. The third-order valence-corrected chi connectivity index (χ3v) is 0.552. The highest BCUT2D eigenvalue weighted by Gasteiger charge is 1.72. The van der Waals surface area contributed by atoms with E-state index in [1.807, 2.05) is 0 Å². The Bertz CT molecular complexity index is 47.5. The Kier molecular flexibility index (Phi) is 4.23. The molecule has 0 fully saturated rings. The van der Waals surface area contributed by atoms with Crippen molar-refractivity contribution in [3.05, 3.63) is 13.3 Å². The fourth-order valence-corrected chi connectivity index (χ4v) is 0.213. The van der Waals surface area contributed by atoms with Crippen molar-refractivity contribution < 1.29 is 0 Å². The molecular weight excluding hydrogens is 72.1 g/mol. The second kappa shape index (κ2) is 4.56. The zero-order valence-corrected chi connectivity index (χ0v) is 3.83. The van der Waals surface area contributed by atoms with Crippen LogP contribution in [0, 0.1) is 19.3 Å². The van der Waals surface area contributed by atoms with Crippen LogP contribution >= 0.6 is 0 Å². The summed E-state index contributed by atoms with van der Waals surface area (Å²) < 4.78 is 0. The van der Waals surface area contributed by atoms with E-state index in [1.54, 1.807) is 0 Å². The van der Waals surface area contributed by atoms with Crippen LogP contribution in [0.1, 0.15) is 19.3 Å². The fourth-order valence-electron chi connectivity index (χ4n) is 0.213. The van der Waals surface area contributed by atoms with Gasteiger partial charge in [0, 0.05) is 6.42 Å². The van der Waals surface area contributed by atoms with Crippen LogP contribution in [0.2, 0.25) is 0 Å². The van der Waals surface area contributed by atoms with E-state index >= 15 is 0 Å². The van der Waals surface area contributed by atoms with Gasteiger partial charge in [-0.15, -0.1) is 0 Å². The molecule has 0 saturated carbocycles. The minimum atomic E-state index is 0.767. The molecule has 0 bridgehead atoms. The van der Waals surface area contributed by atoms with E-state index < -0.39 is 0 Å². The third-order valence-electron chi connectivity index (χ3n) is 0.552. The second-order valence-electron chi connectivity index (χ2n) is 1.13. The molecule has 0 aliphatic carbocycles. The average Bonchev–Trinajstić information content (AvgIpc) is 1.61. The van der Waals surface area contributed by atoms with Crippen molar-refractivity contribution >= 4 is 0 Å². The smallest absolute Gasteiger partial charge is 0.00989 e. The van der Waals surface area contributed by atoms with E-state index in [1.165, 1.54) is 0 Å². The molecule has 0 heteroatoms. The van der Waals surface area contributed by atoms with E-state index in [0.717, 1.165) is 19.3 Å². The third kappa shape index (κ3) is 3.56. The lowest BCUT2D eigenvalue weighted by molar-refractivity contribution is 0.883. The van der Waals surface area contributed by atoms with Crippen LogP contribution in [0.3, 0.4) is 0 Å². The van der Waals surface area contributed by atoms with Crippen molar-refractivity contribution in [2.24, 2.45) is 0 Å². The van der Waals surface area contributed by atoms with Gasteiger partial charge in [-0.3, -0.25) is 0 Å². The molecule has 0 aromatic rings. The summed E-state index contributed by atoms with van der Waals surface area (Å²) in [7, 11) is 0. The molecule has 0 amide bonds. The van der Waals surface area contributed by atoms with E-state index in [0.29, 0.717) is 0 Å². The predicted octanol–water partition coefficient (Wildman–Crippen LogP) is 1.58. The fraction of sp³-hybridized carbons (Fsp3) is 0.500. The van der Waals surface area contributed by atoms with E-state index in [-0.39, 0.29) is 0 Å². The van der Waals surface area contributed by atoms with Crippen molar-refractivity contribution in [1.82, 2.24) is 0 Å². The van der Waals surface area contributed by atoms with Gasteiger partial charge in [-0.25, -0.2) is 0 Å². The van der Waals surface area contributed by atoms with Crippen LogP contribution in [0.4, 0.5) is 0 Å². The van der Waals surface area contributed by atoms with Crippen molar-refractivity contribution in [1.29, 1.82) is 0 Å². The van der Waals surface area contributed by atoms with Crippen LogP contribution in [-0.4, -0.2) is 0 Å².